The molecule has 2 heteroatoms. The number of carbonyl (C=O) groups is 1. The summed E-state index contributed by atoms with van der Waals surface area (Å²) in [6.07, 6.45) is 0.695. The second kappa shape index (κ2) is 3.42. The van der Waals surface area contributed by atoms with Crippen molar-refractivity contribution in [1.82, 2.24) is 0 Å². The van der Waals surface area contributed by atoms with Gasteiger partial charge in [0.1, 0.15) is 11.4 Å². The molecule has 1 saturated carbocycles. The minimum Gasteiger partial charge on any atom is -0.384 e. The van der Waals surface area contributed by atoms with Gasteiger partial charge in [0.2, 0.25) is 0 Å². The second-order valence-corrected chi connectivity index (χ2v) is 5.50. The van der Waals surface area contributed by atoms with Gasteiger partial charge in [0.25, 0.3) is 0 Å². The number of aliphatic hydroxyl groups is 1. The summed E-state index contributed by atoms with van der Waals surface area (Å²) in [6, 6.07) is 7.81. The summed E-state index contributed by atoms with van der Waals surface area (Å²) in [5.41, 5.74) is 0.639. The van der Waals surface area contributed by atoms with Crippen LogP contribution in [0.1, 0.15) is 37.8 Å². The van der Waals surface area contributed by atoms with Crippen LogP contribution in [-0.2, 0) is 10.4 Å². The Balaban J connectivity index is 2.46. The molecule has 0 heterocycles. The van der Waals surface area contributed by atoms with Crippen molar-refractivity contribution in [3.63, 3.8) is 0 Å². The number of hydrogen-bond acceptors (Lipinski definition) is 2. The monoisotopic (exact) mass is 218 g/mol. The normalized spacial score (nSPS) is 28.4. The third-order valence-electron chi connectivity index (χ3n) is 3.74. The second-order valence-electron chi connectivity index (χ2n) is 5.50. The maximum Gasteiger partial charge on any atom is 0.136 e. The number of benzene rings is 1. The van der Waals surface area contributed by atoms with Gasteiger partial charge in [-0.3, -0.25) is 4.79 Å². The molecule has 86 valence electrons. The van der Waals surface area contributed by atoms with E-state index in [0.29, 0.717) is 6.42 Å². The lowest BCUT2D eigenvalue weighted by Gasteiger charge is -2.36. The fourth-order valence-electron chi connectivity index (χ4n) is 2.55. The molecule has 1 aromatic carbocycles. The maximum absolute atomic E-state index is 11.6. The number of ketones is 1. The van der Waals surface area contributed by atoms with Gasteiger partial charge in [-0.25, -0.2) is 0 Å². The van der Waals surface area contributed by atoms with E-state index in [1.807, 2.05) is 45.0 Å². The molecular formula is C14H18O2. The van der Waals surface area contributed by atoms with Crippen LogP contribution in [0.3, 0.4) is 0 Å². The van der Waals surface area contributed by atoms with Gasteiger partial charge in [0, 0.05) is 18.3 Å². The van der Waals surface area contributed by atoms with Crippen LogP contribution in [0.5, 0.6) is 0 Å². The molecule has 1 fully saturated rings. The highest BCUT2D eigenvalue weighted by atomic mass is 16.3. The van der Waals surface area contributed by atoms with Crippen molar-refractivity contribution in [2.75, 3.05) is 0 Å². The quantitative estimate of drug-likeness (QED) is 0.786. The first-order chi connectivity index (χ1) is 7.35. The Kier molecular flexibility index (Phi) is 2.43. The Morgan fingerprint density at radius 2 is 1.69 bits per heavy atom. The van der Waals surface area contributed by atoms with Crippen LogP contribution < -0.4 is 0 Å². The van der Waals surface area contributed by atoms with Gasteiger partial charge in [0.05, 0.1) is 0 Å². The molecule has 0 spiro atoms. The zero-order valence-corrected chi connectivity index (χ0v) is 10.1. The molecule has 16 heavy (non-hydrogen) atoms. The Morgan fingerprint density at radius 1 is 1.12 bits per heavy atom. The topological polar surface area (TPSA) is 37.3 Å². The number of hydrogen-bond donors (Lipinski definition) is 1. The fourth-order valence-corrected chi connectivity index (χ4v) is 2.55. The van der Waals surface area contributed by atoms with E-state index in [1.165, 1.54) is 0 Å². The SMILES string of the molecule is Cc1ccc(C2(O)CC(=O)CC2(C)C)cc1. The lowest BCUT2D eigenvalue weighted by Crippen LogP contribution is -2.36. The molecule has 1 N–H and O–H groups in total. The standard InChI is InChI=1S/C14H18O2/c1-10-4-6-11(7-5-10)14(16)9-12(15)8-13(14,2)3/h4-7,16H,8-9H2,1-3H3. The molecule has 1 unspecified atom stereocenters. The highest BCUT2D eigenvalue weighted by Gasteiger charge is 2.52. The average Bonchev–Trinajstić information content (AvgIpc) is 2.37. The summed E-state index contributed by atoms with van der Waals surface area (Å²) in [5.74, 6) is 0.146. The molecule has 2 rings (SSSR count). The lowest BCUT2D eigenvalue weighted by molar-refractivity contribution is -0.118. The summed E-state index contributed by atoms with van der Waals surface area (Å²) in [7, 11) is 0. The number of carbonyl (C=O) groups excluding carboxylic acids is 1. The van der Waals surface area contributed by atoms with Crippen LogP contribution in [0, 0.1) is 12.3 Å². The van der Waals surface area contributed by atoms with E-state index in [0.717, 1.165) is 11.1 Å². The summed E-state index contributed by atoms with van der Waals surface area (Å²) in [6.45, 7) is 5.92. The molecule has 0 aliphatic heterocycles. The van der Waals surface area contributed by atoms with Crippen LogP contribution >= 0.6 is 0 Å². The highest BCUT2D eigenvalue weighted by molar-refractivity contribution is 5.83. The molecule has 0 aromatic heterocycles. The number of aryl methyl sites for hydroxylation is 1. The zero-order valence-electron chi connectivity index (χ0n) is 10.1. The maximum atomic E-state index is 11.6. The molecule has 1 atom stereocenters. The van der Waals surface area contributed by atoms with Crippen LogP contribution in [0.4, 0.5) is 0 Å². The van der Waals surface area contributed by atoms with E-state index in [9.17, 15) is 9.90 Å². The summed E-state index contributed by atoms with van der Waals surface area (Å²) >= 11 is 0. The number of rotatable bonds is 1. The fraction of sp³-hybridized carbons (Fsp3) is 0.500. The summed E-state index contributed by atoms with van der Waals surface area (Å²) in [5, 5.41) is 10.7. The van der Waals surface area contributed by atoms with Crippen LogP contribution in [0.15, 0.2) is 24.3 Å². The predicted octanol–water partition coefficient (Wildman–Crippen LogP) is 2.57. The van der Waals surface area contributed by atoms with E-state index >= 15 is 0 Å². The Labute approximate surface area is 96.3 Å². The van der Waals surface area contributed by atoms with Crippen molar-refractivity contribution in [2.24, 2.45) is 5.41 Å². The highest BCUT2D eigenvalue weighted by Crippen LogP contribution is 2.50. The smallest absolute Gasteiger partial charge is 0.136 e. The minimum atomic E-state index is -1.00. The third-order valence-corrected chi connectivity index (χ3v) is 3.74. The van der Waals surface area contributed by atoms with Gasteiger partial charge >= 0.3 is 0 Å². The molecule has 0 amide bonds. The third kappa shape index (κ3) is 1.57. The van der Waals surface area contributed by atoms with Gasteiger partial charge in [-0.05, 0) is 12.5 Å². The molecular weight excluding hydrogens is 200 g/mol. The van der Waals surface area contributed by atoms with Gasteiger partial charge in [-0.1, -0.05) is 43.7 Å². The first-order valence-electron chi connectivity index (χ1n) is 5.66. The summed E-state index contributed by atoms with van der Waals surface area (Å²) in [4.78, 5) is 11.6. The zero-order chi connectivity index (χ0) is 12.0. The van der Waals surface area contributed by atoms with Gasteiger partial charge in [-0.15, -0.1) is 0 Å². The average molecular weight is 218 g/mol. The van der Waals surface area contributed by atoms with E-state index in [-0.39, 0.29) is 17.6 Å². The molecule has 2 nitrogen and oxygen atoms in total. The molecule has 1 aromatic rings. The van der Waals surface area contributed by atoms with Crippen molar-refractivity contribution in [2.45, 2.75) is 39.2 Å². The Hall–Kier alpha value is -1.15. The van der Waals surface area contributed by atoms with Crippen molar-refractivity contribution in [1.29, 1.82) is 0 Å². The van der Waals surface area contributed by atoms with E-state index in [2.05, 4.69) is 0 Å². The van der Waals surface area contributed by atoms with Gasteiger partial charge in [0.15, 0.2) is 0 Å². The van der Waals surface area contributed by atoms with Crippen molar-refractivity contribution in [3.05, 3.63) is 35.4 Å². The molecule has 1 aliphatic rings. The van der Waals surface area contributed by atoms with Crippen LogP contribution in [0.2, 0.25) is 0 Å². The van der Waals surface area contributed by atoms with E-state index in [1.54, 1.807) is 0 Å². The Morgan fingerprint density at radius 3 is 2.12 bits per heavy atom. The largest absolute Gasteiger partial charge is 0.384 e. The summed E-state index contributed by atoms with van der Waals surface area (Å²) < 4.78 is 0. The van der Waals surface area contributed by atoms with Gasteiger partial charge in [-0.2, -0.15) is 0 Å². The first-order valence-corrected chi connectivity index (χ1v) is 5.66. The predicted molar refractivity (Wildman–Crippen MR) is 63.1 cm³/mol. The number of Topliss-reactive ketones (excluding diaryl/α,β-unsaturated/α-hetero) is 1. The molecule has 1 aliphatic carbocycles. The van der Waals surface area contributed by atoms with Crippen molar-refractivity contribution >= 4 is 5.78 Å². The van der Waals surface area contributed by atoms with Crippen LogP contribution in [-0.4, -0.2) is 10.9 Å². The first kappa shape index (κ1) is 11.3. The van der Waals surface area contributed by atoms with Gasteiger partial charge < -0.3 is 5.11 Å². The molecule has 0 bridgehead atoms. The molecule has 0 radical (unpaired) electrons. The van der Waals surface area contributed by atoms with Crippen molar-refractivity contribution in [3.8, 4) is 0 Å². The minimum absolute atomic E-state index is 0.146. The van der Waals surface area contributed by atoms with E-state index in [4.69, 9.17) is 0 Å². The molecule has 0 saturated heterocycles. The lowest BCUT2D eigenvalue weighted by atomic mass is 9.73. The Bertz CT molecular complexity index is 417. The van der Waals surface area contributed by atoms with E-state index < -0.39 is 5.60 Å². The van der Waals surface area contributed by atoms with Crippen LogP contribution in [0.25, 0.3) is 0 Å². The van der Waals surface area contributed by atoms with Crippen molar-refractivity contribution < 1.29 is 9.90 Å².